The van der Waals surface area contributed by atoms with Crippen LogP contribution in [-0.4, -0.2) is 61.3 Å². The molecule has 0 saturated heterocycles. The molecule has 0 aliphatic rings. The fraction of sp³-hybridized carbons (Fsp3) is 0.857. The third-order valence-corrected chi connectivity index (χ3v) is 2.37. The maximum atomic E-state index is 12.2. The van der Waals surface area contributed by atoms with Gasteiger partial charge in [0.15, 0.2) is 0 Å². The molecule has 20 heavy (non-hydrogen) atoms. The molecule has 1 N–H and O–H groups in total. The average Bonchev–Trinajstić information content (AvgIpc) is 2.25. The molecule has 118 valence electrons. The van der Waals surface area contributed by atoms with Crippen molar-refractivity contribution in [1.29, 1.82) is 0 Å². The number of nitrogens with one attached hydrogen (secondary N) is 1. The van der Waals surface area contributed by atoms with E-state index in [-0.39, 0.29) is 6.09 Å². The van der Waals surface area contributed by atoms with Gasteiger partial charge >= 0.3 is 6.09 Å². The Bertz CT molecular complexity index is 301. The van der Waals surface area contributed by atoms with E-state index in [1.165, 1.54) is 0 Å². The van der Waals surface area contributed by atoms with Gasteiger partial charge in [0, 0.05) is 19.6 Å². The van der Waals surface area contributed by atoms with E-state index in [4.69, 9.17) is 4.74 Å². The van der Waals surface area contributed by atoms with E-state index < -0.39 is 5.60 Å². The number of rotatable bonds is 8. The van der Waals surface area contributed by atoms with Gasteiger partial charge in [0.25, 0.3) is 0 Å². The Labute approximate surface area is 122 Å². The number of carbonyl (C=O) groups excluding carboxylic acids is 2. The Balaban J connectivity index is 4.47. The zero-order valence-corrected chi connectivity index (χ0v) is 13.6. The van der Waals surface area contributed by atoms with Gasteiger partial charge in [-0.3, -0.25) is 14.6 Å². The van der Waals surface area contributed by atoms with Crippen LogP contribution in [0.4, 0.5) is 4.79 Å². The largest absolute Gasteiger partial charge is 0.444 e. The van der Waals surface area contributed by atoms with Crippen molar-refractivity contribution in [3.05, 3.63) is 0 Å². The van der Waals surface area contributed by atoms with E-state index in [2.05, 4.69) is 19.2 Å². The SMILES string of the molecule is CC(C)CN(CN(C)CCNC=O)C(=O)OC(C)(C)C. The molecule has 2 amide bonds. The van der Waals surface area contributed by atoms with E-state index in [0.717, 1.165) is 0 Å². The molecule has 6 heteroatoms. The lowest BCUT2D eigenvalue weighted by molar-refractivity contribution is -0.109. The first-order chi connectivity index (χ1) is 9.15. The molecule has 0 unspecified atom stereocenters. The number of hydrogen-bond acceptors (Lipinski definition) is 4. The van der Waals surface area contributed by atoms with E-state index in [1.54, 1.807) is 4.90 Å². The Morgan fingerprint density at radius 1 is 1.35 bits per heavy atom. The summed E-state index contributed by atoms with van der Waals surface area (Å²) in [4.78, 5) is 26.0. The van der Waals surface area contributed by atoms with E-state index in [9.17, 15) is 9.59 Å². The zero-order valence-electron chi connectivity index (χ0n) is 13.6. The molecule has 0 spiro atoms. The maximum Gasteiger partial charge on any atom is 0.411 e. The summed E-state index contributed by atoms with van der Waals surface area (Å²) in [6, 6.07) is 0. The van der Waals surface area contributed by atoms with Crippen LogP contribution in [0.1, 0.15) is 34.6 Å². The lowest BCUT2D eigenvalue weighted by atomic mass is 10.2. The molecular weight excluding hydrogens is 258 g/mol. The molecule has 0 aromatic carbocycles. The van der Waals surface area contributed by atoms with Crippen LogP contribution in [0.15, 0.2) is 0 Å². The summed E-state index contributed by atoms with van der Waals surface area (Å²) in [5.41, 5.74) is -0.496. The number of likely N-dealkylation sites (N-methyl/N-ethyl adjacent to an activating group) is 1. The highest BCUT2D eigenvalue weighted by atomic mass is 16.6. The molecule has 0 aliphatic heterocycles. The Morgan fingerprint density at radius 3 is 2.40 bits per heavy atom. The van der Waals surface area contributed by atoms with E-state index >= 15 is 0 Å². The second-order valence-electron chi connectivity index (χ2n) is 6.39. The first kappa shape index (κ1) is 18.7. The highest BCUT2D eigenvalue weighted by Gasteiger charge is 2.23. The molecule has 0 atom stereocenters. The van der Waals surface area contributed by atoms with Crippen LogP contribution in [0.2, 0.25) is 0 Å². The topological polar surface area (TPSA) is 61.9 Å². The van der Waals surface area contributed by atoms with Gasteiger partial charge in [-0.15, -0.1) is 0 Å². The lowest BCUT2D eigenvalue weighted by Gasteiger charge is -2.31. The van der Waals surface area contributed by atoms with Gasteiger partial charge in [-0.1, -0.05) is 13.8 Å². The molecule has 0 radical (unpaired) electrons. The highest BCUT2D eigenvalue weighted by Crippen LogP contribution is 2.11. The Morgan fingerprint density at radius 2 is 1.95 bits per heavy atom. The summed E-state index contributed by atoms with van der Waals surface area (Å²) in [5, 5.41) is 2.60. The van der Waals surface area contributed by atoms with E-state index in [1.807, 2.05) is 32.7 Å². The second-order valence-corrected chi connectivity index (χ2v) is 6.39. The molecule has 0 aliphatic carbocycles. The molecule has 0 aromatic rings. The molecule has 0 bridgehead atoms. The van der Waals surface area contributed by atoms with Crippen molar-refractivity contribution in [2.24, 2.45) is 5.92 Å². The van der Waals surface area contributed by atoms with Gasteiger partial charge in [-0.25, -0.2) is 4.79 Å². The van der Waals surface area contributed by atoms with Gasteiger partial charge in [0.2, 0.25) is 6.41 Å². The van der Waals surface area contributed by atoms with Crippen LogP contribution in [0.25, 0.3) is 0 Å². The Hall–Kier alpha value is -1.30. The molecule has 6 nitrogen and oxygen atoms in total. The van der Waals surface area contributed by atoms with Crippen molar-refractivity contribution in [3.8, 4) is 0 Å². The minimum absolute atomic E-state index is 0.304. The van der Waals surface area contributed by atoms with Crippen LogP contribution in [0.5, 0.6) is 0 Å². The van der Waals surface area contributed by atoms with Crippen molar-refractivity contribution in [2.75, 3.05) is 33.4 Å². The molecular formula is C14H29N3O3. The summed E-state index contributed by atoms with van der Waals surface area (Å²) in [5.74, 6) is 0.365. The number of ether oxygens (including phenoxy) is 1. The summed E-state index contributed by atoms with van der Waals surface area (Å²) >= 11 is 0. The number of hydrogen-bond donors (Lipinski definition) is 1. The van der Waals surface area contributed by atoms with Gasteiger partial charge < -0.3 is 10.1 Å². The maximum absolute atomic E-state index is 12.2. The summed E-state index contributed by atoms with van der Waals surface area (Å²) in [6.07, 6.45) is 0.370. The third kappa shape index (κ3) is 9.61. The van der Waals surface area contributed by atoms with Gasteiger partial charge in [0.1, 0.15) is 5.60 Å². The lowest BCUT2D eigenvalue weighted by Crippen LogP contribution is -2.45. The number of nitrogens with zero attached hydrogens (tertiary/aromatic N) is 2. The zero-order chi connectivity index (χ0) is 15.8. The normalized spacial score (nSPS) is 11.6. The quantitative estimate of drug-likeness (QED) is 0.418. The fourth-order valence-electron chi connectivity index (χ4n) is 1.63. The fourth-order valence-corrected chi connectivity index (χ4v) is 1.63. The van der Waals surface area contributed by atoms with Crippen LogP contribution in [0.3, 0.4) is 0 Å². The molecule has 0 aromatic heterocycles. The molecule has 0 rings (SSSR count). The van der Waals surface area contributed by atoms with Crippen molar-refractivity contribution >= 4 is 12.5 Å². The van der Waals surface area contributed by atoms with Crippen LogP contribution in [0, 0.1) is 5.92 Å². The minimum Gasteiger partial charge on any atom is -0.444 e. The molecule has 0 fully saturated rings. The monoisotopic (exact) mass is 287 g/mol. The molecule has 0 heterocycles. The summed E-state index contributed by atoms with van der Waals surface area (Å²) in [6.45, 7) is 12.0. The first-order valence-electron chi connectivity index (χ1n) is 6.99. The highest BCUT2D eigenvalue weighted by molar-refractivity contribution is 5.68. The summed E-state index contributed by atoms with van der Waals surface area (Å²) < 4.78 is 5.42. The summed E-state index contributed by atoms with van der Waals surface area (Å²) in [7, 11) is 1.91. The number of amides is 2. The third-order valence-electron chi connectivity index (χ3n) is 2.37. The average molecular weight is 287 g/mol. The first-order valence-corrected chi connectivity index (χ1v) is 6.99. The smallest absolute Gasteiger partial charge is 0.411 e. The van der Waals surface area contributed by atoms with E-state index in [0.29, 0.717) is 38.6 Å². The van der Waals surface area contributed by atoms with Crippen molar-refractivity contribution in [1.82, 2.24) is 15.1 Å². The van der Waals surface area contributed by atoms with Gasteiger partial charge in [0.05, 0.1) is 6.67 Å². The Kier molecular flexibility index (Phi) is 8.22. The van der Waals surface area contributed by atoms with Crippen molar-refractivity contribution in [3.63, 3.8) is 0 Å². The number of carbonyl (C=O) groups is 2. The van der Waals surface area contributed by atoms with Crippen LogP contribution >= 0.6 is 0 Å². The predicted molar refractivity (Wildman–Crippen MR) is 79.3 cm³/mol. The van der Waals surface area contributed by atoms with Crippen molar-refractivity contribution < 1.29 is 14.3 Å². The second kappa shape index (κ2) is 8.79. The van der Waals surface area contributed by atoms with Crippen LogP contribution < -0.4 is 5.32 Å². The molecule has 0 saturated carbocycles. The van der Waals surface area contributed by atoms with Crippen molar-refractivity contribution in [2.45, 2.75) is 40.2 Å². The predicted octanol–water partition coefficient (Wildman–Crippen LogP) is 1.51. The van der Waals surface area contributed by atoms with Crippen LogP contribution in [-0.2, 0) is 9.53 Å². The van der Waals surface area contributed by atoms with Gasteiger partial charge in [-0.2, -0.15) is 0 Å². The van der Waals surface area contributed by atoms with Gasteiger partial charge in [-0.05, 0) is 33.7 Å². The minimum atomic E-state index is -0.496. The standard InChI is InChI=1S/C14H29N3O3/c1-12(2)9-17(13(19)20-14(3,4)5)11-16(6)8-7-15-10-18/h10,12H,7-9,11H2,1-6H3,(H,15,18).